The van der Waals surface area contributed by atoms with Gasteiger partial charge in [0.15, 0.2) is 0 Å². The summed E-state index contributed by atoms with van der Waals surface area (Å²) in [5, 5.41) is 0. The number of anilines is 1. The molecule has 1 saturated heterocycles. The van der Waals surface area contributed by atoms with Gasteiger partial charge in [-0.25, -0.2) is 9.78 Å². The van der Waals surface area contributed by atoms with Crippen LogP contribution in [0.5, 0.6) is 0 Å². The average molecular weight is 291 g/mol. The van der Waals surface area contributed by atoms with E-state index in [1.54, 1.807) is 18.3 Å². The van der Waals surface area contributed by atoms with Crippen molar-refractivity contribution in [3.8, 4) is 0 Å². The van der Waals surface area contributed by atoms with Gasteiger partial charge in [0.2, 0.25) is 0 Å². The van der Waals surface area contributed by atoms with Gasteiger partial charge in [0, 0.05) is 19.8 Å². The van der Waals surface area contributed by atoms with Gasteiger partial charge in [-0.3, -0.25) is 0 Å². The molecular weight excluding hydrogens is 266 g/mol. The number of nitrogens with zero attached hydrogens (tertiary/aromatic N) is 3. The molecule has 0 unspecified atom stereocenters. The predicted octanol–water partition coefficient (Wildman–Crippen LogP) is 2.04. The van der Waals surface area contributed by atoms with Crippen LogP contribution in [0.3, 0.4) is 0 Å². The molecule has 0 spiro atoms. The van der Waals surface area contributed by atoms with Crippen molar-refractivity contribution in [3.05, 3.63) is 23.9 Å². The van der Waals surface area contributed by atoms with Crippen LogP contribution in [0.1, 0.15) is 30.1 Å². The van der Waals surface area contributed by atoms with Gasteiger partial charge < -0.3 is 14.5 Å². The molecule has 1 aliphatic rings. The highest BCUT2D eigenvalue weighted by molar-refractivity contribution is 5.94. The van der Waals surface area contributed by atoms with Crippen molar-refractivity contribution < 1.29 is 9.53 Å². The van der Waals surface area contributed by atoms with Gasteiger partial charge in [-0.05, 0) is 58.0 Å². The first-order chi connectivity index (χ1) is 10.1. The maximum atomic E-state index is 12.0. The number of hydrogen-bond donors (Lipinski definition) is 0. The molecule has 116 valence electrons. The van der Waals surface area contributed by atoms with Crippen molar-refractivity contribution in [1.82, 2.24) is 9.88 Å². The summed E-state index contributed by atoms with van der Waals surface area (Å²) >= 11 is 0. The number of esters is 1. The van der Waals surface area contributed by atoms with Gasteiger partial charge in [0.1, 0.15) is 11.4 Å². The van der Waals surface area contributed by atoms with Gasteiger partial charge in [-0.15, -0.1) is 0 Å². The van der Waals surface area contributed by atoms with Crippen molar-refractivity contribution >= 4 is 11.8 Å². The second-order valence-electron chi connectivity index (χ2n) is 5.72. The number of carbonyl (C=O) groups excluding carboxylic acids is 1. The lowest BCUT2D eigenvalue weighted by Crippen LogP contribution is -2.36. The summed E-state index contributed by atoms with van der Waals surface area (Å²) in [6, 6.07) is 3.56. The standard InChI is InChI=1S/C16H25N3O2/c1-4-21-16(20)14-6-5-9-17-15(14)19(3)12-13-7-10-18(2)11-8-13/h5-6,9,13H,4,7-8,10-12H2,1-3H3. The van der Waals surface area contributed by atoms with E-state index in [1.807, 2.05) is 14.0 Å². The third-order valence-corrected chi connectivity index (χ3v) is 4.01. The number of rotatable bonds is 5. The highest BCUT2D eigenvalue weighted by atomic mass is 16.5. The number of ether oxygens (including phenoxy) is 1. The summed E-state index contributed by atoms with van der Waals surface area (Å²) < 4.78 is 5.11. The van der Waals surface area contributed by atoms with Crippen molar-refractivity contribution in [2.45, 2.75) is 19.8 Å². The van der Waals surface area contributed by atoms with Crippen LogP contribution in [0, 0.1) is 5.92 Å². The van der Waals surface area contributed by atoms with E-state index in [1.165, 1.54) is 12.8 Å². The average Bonchev–Trinajstić information content (AvgIpc) is 2.50. The zero-order chi connectivity index (χ0) is 15.2. The summed E-state index contributed by atoms with van der Waals surface area (Å²) in [5.74, 6) is 1.08. The molecule has 0 saturated carbocycles. The maximum Gasteiger partial charge on any atom is 0.341 e. The molecule has 2 rings (SSSR count). The van der Waals surface area contributed by atoms with Crippen LogP contribution in [0.15, 0.2) is 18.3 Å². The fraction of sp³-hybridized carbons (Fsp3) is 0.625. The fourth-order valence-corrected chi connectivity index (χ4v) is 2.79. The summed E-state index contributed by atoms with van der Waals surface area (Å²) in [7, 11) is 4.17. The fourth-order valence-electron chi connectivity index (χ4n) is 2.79. The van der Waals surface area contributed by atoms with Crippen molar-refractivity contribution in [1.29, 1.82) is 0 Å². The van der Waals surface area contributed by atoms with E-state index in [-0.39, 0.29) is 5.97 Å². The Kier molecular flexibility index (Phi) is 5.56. The van der Waals surface area contributed by atoms with E-state index in [9.17, 15) is 4.79 Å². The molecule has 5 heteroatoms. The molecule has 0 aromatic carbocycles. The normalized spacial score (nSPS) is 16.7. The van der Waals surface area contributed by atoms with E-state index in [2.05, 4.69) is 21.8 Å². The van der Waals surface area contributed by atoms with Gasteiger partial charge >= 0.3 is 5.97 Å². The molecule has 0 radical (unpaired) electrons. The molecule has 21 heavy (non-hydrogen) atoms. The third kappa shape index (κ3) is 4.17. The zero-order valence-corrected chi connectivity index (χ0v) is 13.2. The van der Waals surface area contributed by atoms with E-state index in [0.717, 1.165) is 25.5 Å². The van der Waals surface area contributed by atoms with Crippen LogP contribution in [-0.4, -0.2) is 56.2 Å². The lowest BCUT2D eigenvalue weighted by molar-refractivity contribution is 0.0526. The number of carbonyl (C=O) groups is 1. The van der Waals surface area contributed by atoms with Gasteiger partial charge in [0.25, 0.3) is 0 Å². The summed E-state index contributed by atoms with van der Waals surface area (Å²) in [4.78, 5) is 20.8. The van der Waals surface area contributed by atoms with Crippen LogP contribution >= 0.6 is 0 Å². The minimum Gasteiger partial charge on any atom is -0.462 e. The number of piperidine rings is 1. The van der Waals surface area contributed by atoms with Crippen LogP contribution in [0.2, 0.25) is 0 Å². The number of pyridine rings is 1. The first kappa shape index (κ1) is 15.8. The van der Waals surface area contributed by atoms with Crippen molar-refractivity contribution in [2.24, 2.45) is 5.92 Å². The quantitative estimate of drug-likeness (QED) is 0.777. The Labute approximate surface area is 126 Å². The minimum absolute atomic E-state index is 0.296. The van der Waals surface area contributed by atoms with Gasteiger partial charge in [-0.1, -0.05) is 0 Å². The van der Waals surface area contributed by atoms with E-state index < -0.39 is 0 Å². The Balaban J connectivity index is 2.05. The molecule has 1 aromatic rings. The second-order valence-corrected chi connectivity index (χ2v) is 5.72. The number of aromatic nitrogens is 1. The lowest BCUT2D eigenvalue weighted by Gasteiger charge is -2.32. The smallest absolute Gasteiger partial charge is 0.341 e. The first-order valence-corrected chi connectivity index (χ1v) is 7.63. The van der Waals surface area contributed by atoms with Crippen molar-refractivity contribution in [3.63, 3.8) is 0 Å². The Morgan fingerprint density at radius 2 is 2.19 bits per heavy atom. The van der Waals surface area contributed by atoms with Crippen LogP contribution in [0.4, 0.5) is 5.82 Å². The Bertz CT molecular complexity index is 470. The molecule has 0 amide bonds. The highest BCUT2D eigenvalue weighted by Crippen LogP contribution is 2.22. The molecular formula is C16H25N3O2. The molecule has 0 atom stereocenters. The van der Waals surface area contributed by atoms with E-state index in [0.29, 0.717) is 18.1 Å². The predicted molar refractivity (Wildman–Crippen MR) is 83.7 cm³/mol. The monoisotopic (exact) mass is 291 g/mol. The summed E-state index contributed by atoms with van der Waals surface area (Å²) in [5.41, 5.74) is 0.551. The first-order valence-electron chi connectivity index (χ1n) is 7.63. The van der Waals surface area contributed by atoms with Crippen LogP contribution in [-0.2, 0) is 4.74 Å². The van der Waals surface area contributed by atoms with Crippen LogP contribution in [0.25, 0.3) is 0 Å². The van der Waals surface area contributed by atoms with Gasteiger partial charge in [0.05, 0.1) is 6.61 Å². The molecule has 1 aromatic heterocycles. The molecule has 1 aliphatic heterocycles. The number of hydrogen-bond acceptors (Lipinski definition) is 5. The second kappa shape index (κ2) is 7.41. The SMILES string of the molecule is CCOC(=O)c1cccnc1N(C)CC1CCN(C)CC1. The largest absolute Gasteiger partial charge is 0.462 e. The molecule has 1 fully saturated rings. The highest BCUT2D eigenvalue weighted by Gasteiger charge is 2.21. The minimum atomic E-state index is -0.296. The Morgan fingerprint density at radius 1 is 1.48 bits per heavy atom. The maximum absolute atomic E-state index is 12.0. The van der Waals surface area contributed by atoms with E-state index in [4.69, 9.17) is 4.74 Å². The number of likely N-dealkylation sites (tertiary alicyclic amines) is 1. The Hall–Kier alpha value is -1.62. The van der Waals surface area contributed by atoms with Crippen molar-refractivity contribution in [2.75, 3.05) is 45.2 Å². The lowest BCUT2D eigenvalue weighted by atomic mass is 9.96. The Morgan fingerprint density at radius 3 is 2.86 bits per heavy atom. The topological polar surface area (TPSA) is 45.7 Å². The molecule has 5 nitrogen and oxygen atoms in total. The third-order valence-electron chi connectivity index (χ3n) is 4.01. The van der Waals surface area contributed by atoms with E-state index >= 15 is 0 Å². The molecule has 2 heterocycles. The molecule has 0 bridgehead atoms. The molecule has 0 N–H and O–H groups in total. The summed E-state index contributed by atoms with van der Waals surface area (Å²) in [6.07, 6.45) is 4.12. The molecule has 0 aliphatic carbocycles. The van der Waals surface area contributed by atoms with Crippen LogP contribution < -0.4 is 4.90 Å². The summed E-state index contributed by atoms with van der Waals surface area (Å²) in [6.45, 7) is 5.41. The zero-order valence-electron chi connectivity index (χ0n) is 13.2. The van der Waals surface area contributed by atoms with Gasteiger partial charge in [-0.2, -0.15) is 0 Å².